The number of rotatable bonds is 1. The van der Waals surface area contributed by atoms with Crippen LogP contribution < -0.4 is 9.73 Å². The predicted molar refractivity (Wildman–Crippen MR) is 56.8 cm³/mol. The quantitative estimate of drug-likeness (QED) is 0.608. The lowest BCUT2D eigenvalue weighted by Gasteiger charge is -2.06. The number of hydrogen-bond acceptors (Lipinski definition) is 0. The van der Waals surface area contributed by atoms with Gasteiger partial charge < -0.3 is 0 Å². The van der Waals surface area contributed by atoms with Gasteiger partial charge in [0, 0.05) is 11.8 Å². The van der Waals surface area contributed by atoms with Crippen molar-refractivity contribution in [2.45, 2.75) is 6.18 Å². The van der Waals surface area contributed by atoms with E-state index in [2.05, 4.69) is 5.10 Å². The van der Waals surface area contributed by atoms with Gasteiger partial charge in [0.25, 0.3) is 0 Å². The van der Waals surface area contributed by atoms with Crippen LogP contribution in [-0.4, -0.2) is 4.52 Å². The summed E-state index contributed by atoms with van der Waals surface area (Å²) < 4.78 is 40.6. The van der Waals surface area contributed by atoms with Gasteiger partial charge in [-0.05, 0) is 30.1 Å². The molecule has 0 atom stereocenters. The van der Waals surface area contributed by atoms with E-state index >= 15 is 0 Å². The van der Waals surface area contributed by atoms with E-state index in [1.807, 2.05) is 6.07 Å². The average molecular weight is 251 g/mol. The van der Waals surface area contributed by atoms with Crippen molar-refractivity contribution in [3.63, 3.8) is 0 Å². The van der Waals surface area contributed by atoms with Gasteiger partial charge >= 0.3 is 6.18 Å². The Morgan fingerprint density at radius 2 is 1.83 bits per heavy atom. The second-order valence-electron chi connectivity index (χ2n) is 3.88. The monoisotopic (exact) mass is 251 g/mol. The highest BCUT2D eigenvalue weighted by Gasteiger charge is 2.29. The minimum atomic E-state index is -4.31. The molecule has 92 valence electrons. The third-order valence-corrected chi connectivity index (χ3v) is 2.67. The first-order chi connectivity index (χ1) is 8.54. The van der Waals surface area contributed by atoms with E-state index in [4.69, 9.17) is 0 Å². The second kappa shape index (κ2) is 3.63. The van der Waals surface area contributed by atoms with Crippen molar-refractivity contribution < 1.29 is 17.8 Å². The third kappa shape index (κ3) is 1.75. The van der Waals surface area contributed by atoms with E-state index in [0.717, 1.165) is 12.1 Å². The fraction of sp³-hybridized carbons (Fsp3) is 0.0833. The highest BCUT2D eigenvalue weighted by Crippen LogP contribution is 2.30. The molecule has 0 aliphatic rings. The van der Waals surface area contributed by atoms with Gasteiger partial charge in [-0.3, -0.25) is 0 Å². The summed E-state index contributed by atoms with van der Waals surface area (Å²) in [5.74, 6) is 0. The van der Waals surface area contributed by atoms with E-state index in [0.29, 0.717) is 11.3 Å². The molecule has 6 heteroatoms. The number of nitrogens with zero attached hydrogens (tertiary/aromatic N) is 3. The minimum absolute atomic E-state index is 0.629. The highest BCUT2D eigenvalue weighted by atomic mass is 19.4. The summed E-state index contributed by atoms with van der Waals surface area (Å²) >= 11 is 0. The fourth-order valence-electron chi connectivity index (χ4n) is 1.76. The molecule has 2 aromatic heterocycles. The molecular formula is C12H8F3N3. The molecule has 2 heterocycles. The lowest BCUT2D eigenvalue weighted by atomic mass is 10.1. The van der Waals surface area contributed by atoms with Gasteiger partial charge in [-0.25, -0.2) is 4.52 Å². The van der Waals surface area contributed by atoms with Crippen LogP contribution in [0.4, 0.5) is 13.2 Å². The Morgan fingerprint density at radius 3 is 2.44 bits per heavy atom. The normalized spacial score (nSPS) is 12.2. The standard InChI is InChI=1S/C12H8F3N3/c13-12(14,15)10-4-2-9(3-5-10)11-8-17-6-1-7-18(17)16-11/h1-8H. The van der Waals surface area contributed by atoms with Crippen LogP contribution in [0.15, 0.2) is 48.9 Å². The molecule has 0 fully saturated rings. The summed E-state index contributed by atoms with van der Waals surface area (Å²) in [6, 6.07) is 6.79. The van der Waals surface area contributed by atoms with Gasteiger partial charge in [0.1, 0.15) is 0 Å². The molecule has 1 aromatic carbocycles. The molecule has 0 amide bonds. The van der Waals surface area contributed by atoms with Crippen LogP contribution >= 0.6 is 0 Å². The van der Waals surface area contributed by atoms with Crippen LogP contribution in [0, 0.1) is 0 Å². The lowest BCUT2D eigenvalue weighted by molar-refractivity contribution is -0.676. The van der Waals surface area contributed by atoms with Gasteiger partial charge in [0.05, 0.1) is 5.56 Å². The third-order valence-electron chi connectivity index (χ3n) is 2.67. The van der Waals surface area contributed by atoms with Crippen molar-refractivity contribution in [2.24, 2.45) is 0 Å². The van der Waals surface area contributed by atoms with Crippen LogP contribution in [0.2, 0.25) is 0 Å². The Hall–Kier alpha value is -2.24. The number of aromatic nitrogens is 3. The molecule has 0 N–H and O–H groups in total. The first kappa shape index (κ1) is 10.9. The van der Waals surface area contributed by atoms with Crippen molar-refractivity contribution in [1.29, 1.82) is 0 Å². The van der Waals surface area contributed by atoms with Crippen LogP contribution in [0.1, 0.15) is 5.56 Å². The van der Waals surface area contributed by atoms with E-state index in [1.54, 1.807) is 27.7 Å². The van der Waals surface area contributed by atoms with Crippen LogP contribution in [0.5, 0.6) is 0 Å². The summed E-state index contributed by atoms with van der Waals surface area (Å²) in [4.78, 5) is 0. The largest absolute Gasteiger partial charge is 0.416 e. The Labute approximate surface area is 100 Å². The molecule has 18 heavy (non-hydrogen) atoms. The topological polar surface area (TPSA) is 22.6 Å². The zero-order valence-corrected chi connectivity index (χ0v) is 9.09. The molecule has 3 nitrogen and oxygen atoms in total. The van der Waals surface area contributed by atoms with Gasteiger partial charge in [-0.15, -0.1) is 4.63 Å². The summed E-state index contributed by atoms with van der Waals surface area (Å²) in [6.45, 7) is 0. The maximum atomic E-state index is 12.4. The Kier molecular flexibility index (Phi) is 2.19. The molecule has 0 unspecified atom stereocenters. The minimum Gasteiger partial charge on any atom is -0.232 e. The second-order valence-corrected chi connectivity index (χ2v) is 3.88. The molecular weight excluding hydrogens is 243 g/mol. The first-order valence-corrected chi connectivity index (χ1v) is 5.24. The molecule has 0 radical (unpaired) electrons. The molecule has 0 saturated carbocycles. The van der Waals surface area contributed by atoms with Crippen molar-refractivity contribution in [2.75, 3.05) is 0 Å². The van der Waals surface area contributed by atoms with Gasteiger partial charge in [0.2, 0.25) is 0 Å². The van der Waals surface area contributed by atoms with E-state index in [1.165, 1.54) is 12.1 Å². The van der Waals surface area contributed by atoms with E-state index in [-0.39, 0.29) is 0 Å². The highest BCUT2D eigenvalue weighted by molar-refractivity contribution is 5.57. The smallest absolute Gasteiger partial charge is 0.232 e. The Balaban J connectivity index is 2.00. The molecule has 0 aliphatic carbocycles. The fourth-order valence-corrected chi connectivity index (χ4v) is 1.76. The van der Waals surface area contributed by atoms with Crippen molar-refractivity contribution in [3.05, 3.63) is 54.5 Å². The maximum Gasteiger partial charge on any atom is 0.416 e. The van der Waals surface area contributed by atoms with Crippen molar-refractivity contribution in [3.8, 4) is 11.3 Å². The molecule has 0 spiro atoms. The van der Waals surface area contributed by atoms with E-state index in [9.17, 15) is 13.2 Å². The Morgan fingerprint density at radius 1 is 1.11 bits per heavy atom. The SMILES string of the molecule is FC(F)(F)c1ccc(-c2cn3ccc[n+]3[n-]2)cc1. The van der Waals surface area contributed by atoms with Crippen LogP contribution in [0.3, 0.4) is 0 Å². The zero-order valence-electron chi connectivity index (χ0n) is 9.09. The predicted octanol–water partition coefficient (Wildman–Crippen LogP) is 2.17. The Bertz CT molecular complexity index is 648. The van der Waals surface area contributed by atoms with Crippen molar-refractivity contribution >= 4 is 0 Å². The van der Waals surface area contributed by atoms with E-state index < -0.39 is 11.7 Å². The van der Waals surface area contributed by atoms with Crippen LogP contribution in [-0.2, 0) is 6.18 Å². The maximum absolute atomic E-state index is 12.4. The molecule has 0 bridgehead atoms. The van der Waals surface area contributed by atoms with Gasteiger partial charge in [-0.1, -0.05) is 12.1 Å². The number of fused-ring (bicyclic) bond motifs is 1. The number of halogens is 3. The first-order valence-electron chi connectivity index (χ1n) is 5.24. The molecule has 0 aliphatic heterocycles. The van der Waals surface area contributed by atoms with Gasteiger partial charge in [0.15, 0.2) is 6.20 Å². The summed E-state index contributed by atoms with van der Waals surface area (Å²) in [5.41, 5.74) is 0.626. The molecule has 3 rings (SSSR count). The molecule has 3 aromatic rings. The number of benzene rings is 1. The average Bonchev–Trinajstić information content (AvgIpc) is 2.88. The summed E-state index contributed by atoms with van der Waals surface area (Å²) in [6.07, 6.45) is 1.01. The zero-order chi connectivity index (χ0) is 12.8. The summed E-state index contributed by atoms with van der Waals surface area (Å²) in [5, 5.41) is 4.23. The van der Waals surface area contributed by atoms with Crippen molar-refractivity contribution in [1.82, 2.24) is 9.61 Å². The molecule has 0 saturated heterocycles. The van der Waals surface area contributed by atoms with Gasteiger partial charge in [-0.2, -0.15) is 18.3 Å². The number of alkyl halides is 3. The lowest BCUT2D eigenvalue weighted by Crippen LogP contribution is -2.28. The van der Waals surface area contributed by atoms with Crippen LogP contribution in [0.25, 0.3) is 11.3 Å². The summed E-state index contributed by atoms with van der Waals surface area (Å²) in [7, 11) is 0. The number of hydrogen-bond donors (Lipinski definition) is 0.